The van der Waals surface area contributed by atoms with E-state index < -0.39 is 0 Å². The van der Waals surface area contributed by atoms with Crippen LogP contribution in [0, 0.1) is 5.92 Å². The Morgan fingerprint density at radius 2 is 2.13 bits per heavy atom. The summed E-state index contributed by atoms with van der Waals surface area (Å²) in [5, 5.41) is 2.52. The molecule has 0 aliphatic rings. The Morgan fingerprint density at radius 3 is 2.60 bits per heavy atom. The number of rotatable bonds is 7. The molecule has 1 N–H and O–H groups in total. The van der Waals surface area contributed by atoms with Crippen LogP contribution in [0.1, 0.15) is 20.8 Å². The largest absolute Gasteiger partial charge is 0.375 e. The van der Waals surface area contributed by atoms with E-state index in [4.69, 9.17) is 4.74 Å². The van der Waals surface area contributed by atoms with E-state index in [0.717, 1.165) is 5.57 Å². The molecule has 0 aromatic rings. The molecule has 0 spiro atoms. The van der Waals surface area contributed by atoms with Gasteiger partial charge in [0.2, 0.25) is 5.91 Å². The first-order valence-corrected chi connectivity index (χ1v) is 5.64. The summed E-state index contributed by atoms with van der Waals surface area (Å²) in [4.78, 5) is 11.4. The Bertz CT molecular complexity index is 217. The number of nitrogens with one attached hydrogen (secondary N) is 1. The van der Waals surface area contributed by atoms with Crippen LogP contribution in [0.3, 0.4) is 0 Å². The van der Waals surface area contributed by atoms with Crippen LogP contribution in [-0.4, -0.2) is 30.9 Å². The molecule has 3 nitrogen and oxygen atoms in total. The minimum absolute atomic E-state index is 0.0349. The van der Waals surface area contributed by atoms with E-state index >= 15 is 0 Å². The zero-order valence-corrected chi connectivity index (χ0v) is 10.6. The Morgan fingerprint density at radius 1 is 1.53 bits per heavy atom. The van der Waals surface area contributed by atoms with Gasteiger partial charge in [-0.1, -0.05) is 26.0 Å². The number of ether oxygens (including phenoxy) is 1. The first-order valence-electron chi connectivity index (χ1n) is 5.13. The van der Waals surface area contributed by atoms with E-state index in [1.165, 1.54) is 0 Å². The molecular formula is C11H21NO2S. The molecule has 0 rings (SSSR count). The van der Waals surface area contributed by atoms with Crippen LogP contribution >= 0.6 is 12.6 Å². The highest BCUT2D eigenvalue weighted by Gasteiger charge is 2.16. The quantitative estimate of drug-likeness (QED) is 0.397. The summed E-state index contributed by atoms with van der Waals surface area (Å²) >= 11 is 4.21. The van der Waals surface area contributed by atoms with Crippen LogP contribution in [0.4, 0.5) is 0 Å². The average Bonchev–Trinajstić information content (AvgIpc) is 2.15. The van der Waals surface area contributed by atoms with Gasteiger partial charge in [-0.15, -0.1) is 0 Å². The van der Waals surface area contributed by atoms with Gasteiger partial charge in [-0.05, 0) is 12.8 Å². The van der Waals surface area contributed by atoms with Crippen molar-refractivity contribution in [2.24, 2.45) is 5.92 Å². The van der Waals surface area contributed by atoms with Gasteiger partial charge in [0.1, 0.15) is 0 Å². The van der Waals surface area contributed by atoms with Crippen molar-refractivity contribution < 1.29 is 9.53 Å². The molecule has 0 bridgehead atoms. The summed E-state index contributed by atoms with van der Waals surface area (Å²) < 4.78 is 5.25. The highest BCUT2D eigenvalue weighted by molar-refractivity contribution is 7.81. The minimum atomic E-state index is -0.244. The highest BCUT2D eigenvalue weighted by atomic mass is 32.1. The van der Waals surface area contributed by atoms with Gasteiger partial charge in [0.25, 0.3) is 0 Å². The molecule has 1 amide bonds. The van der Waals surface area contributed by atoms with Gasteiger partial charge in [-0.25, -0.2) is 0 Å². The predicted octanol–water partition coefficient (Wildman–Crippen LogP) is 1.65. The van der Waals surface area contributed by atoms with Crippen LogP contribution in [-0.2, 0) is 9.53 Å². The maximum atomic E-state index is 11.4. The molecule has 0 heterocycles. The number of amides is 1. The van der Waals surface area contributed by atoms with Crippen molar-refractivity contribution in [3.05, 3.63) is 12.2 Å². The minimum Gasteiger partial charge on any atom is -0.375 e. The molecule has 0 saturated carbocycles. The molecule has 0 radical (unpaired) electrons. The summed E-state index contributed by atoms with van der Waals surface area (Å²) in [5.74, 6) is 0.205. The molecule has 88 valence electrons. The molecular weight excluding hydrogens is 210 g/mol. The second-order valence-corrected chi connectivity index (χ2v) is 4.55. The van der Waals surface area contributed by atoms with Gasteiger partial charge in [0, 0.05) is 6.54 Å². The first-order chi connectivity index (χ1) is 6.95. The van der Waals surface area contributed by atoms with E-state index in [1.54, 1.807) is 0 Å². The van der Waals surface area contributed by atoms with Crippen LogP contribution in [0.15, 0.2) is 12.2 Å². The van der Waals surface area contributed by atoms with Crippen molar-refractivity contribution in [3.8, 4) is 0 Å². The van der Waals surface area contributed by atoms with Crippen LogP contribution in [0.2, 0.25) is 0 Å². The second kappa shape index (κ2) is 7.77. The van der Waals surface area contributed by atoms with Crippen molar-refractivity contribution in [2.45, 2.75) is 26.0 Å². The lowest BCUT2D eigenvalue weighted by molar-refractivity contribution is -0.121. The Kier molecular flexibility index (Phi) is 7.52. The van der Waals surface area contributed by atoms with Crippen molar-refractivity contribution in [1.29, 1.82) is 0 Å². The molecule has 1 unspecified atom stereocenters. The van der Waals surface area contributed by atoms with Gasteiger partial charge in [0.05, 0.1) is 18.5 Å². The van der Waals surface area contributed by atoms with Gasteiger partial charge in [-0.2, -0.15) is 12.6 Å². The number of carbonyl (C=O) groups is 1. The summed E-state index contributed by atoms with van der Waals surface area (Å²) in [6, 6.07) is 0. The molecule has 0 aromatic heterocycles. The van der Waals surface area contributed by atoms with Gasteiger partial charge in [0.15, 0.2) is 0 Å². The predicted molar refractivity (Wildman–Crippen MR) is 66.3 cm³/mol. The Balaban J connectivity index is 3.51. The molecule has 0 aliphatic heterocycles. The summed E-state index contributed by atoms with van der Waals surface area (Å²) in [5.41, 5.74) is 0.982. The van der Waals surface area contributed by atoms with Gasteiger partial charge >= 0.3 is 0 Å². The van der Waals surface area contributed by atoms with Crippen LogP contribution in [0.5, 0.6) is 0 Å². The maximum absolute atomic E-state index is 11.4. The Labute approximate surface area is 97.7 Å². The third-order valence-electron chi connectivity index (χ3n) is 1.79. The smallest absolute Gasteiger partial charge is 0.233 e. The normalized spacial score (nSPS) is 12.6. The van der Waals surface area contributed by atoms with Gasteiger partial charge in [-0.3, -0.25) is 4.79 Å². The fraction of sp³-hybridized carbons (Fsp3) is 0.727. The van der Waals surface area contributed by atoms with Crippen molar-refractivity contribution >= 4 is 18.5 Å². The molecule has 0 aliphatic carbocycles. The lowest BCUT2D eigenvalue weighted by atomic mass is 10.1. The number of carbonyl (C=O) groups excluding carboxylic acids is 1. The molecule has 0 aromatic carbocycles. The second-order valence-electron chi connectivity index (χ2n) is 3.99. The number of hydrogen-bond acceptors (Lipinski definition) is 3. The lowest BCUT2D eigenvalue weighted by Crippen LogP contribution is -2.36. The monoisotopic (exact) mass is 231 g/mol. The highest BCUT2D eigenvalue weighted by Crippen LogP contribution is 2.07. The standard InChI is InChI=1S/C11H21NO2S/c1-8(2)7-14-6-5-12-11(13)10(15)9(3)4/h9-10,15H,1,5-7H2,2-4H3,(H,12,13). The molecule has 15 heavy (non-hydrogen) atoms. The van der Waals surface area contributed by atoms with Crippen LogP contribution in [0.25, 0.3) is 0 Å². The van der Waals surface area contributed by atoms with Crippen molar-refractivity contribution in [1.82, 2.24) is 5.32 Å². The third kappa shape index (κ3) is 7.45. The van der Waals surface area contributed by atoms with E-state index in [2.05, 4.69) is 24.5 Å². The van der Waals surface area contributed by atoms with Crippen LogP contribution < -0.4 is 5.32 Å². The molecule has 4 heteroatoms. The number of thiol groups is 1. The zero-order chi connectivity index (χ0) is 11.8. The van der Waals surface area contributed by atoms with E-state index in [-0.39, 0.29) is 17.1 Å². The van der Waals surface area contributed by atoms with Crippen molar-refractivity contribution in [2.75, 3.05) is 19.8 Å². The topological polar surface area (TPSA) is 38.3 Å². The van der Waals surface area contributed by atoms with E-state index in [0.29, 0.717) is 19.8 Å². The molecule has 0 fully saturated rings. The average molecular weight is 231 g/mol. The first kappa shape index (κ1) is 14.5. The molecule has 1 atom stereocenters. The van der Waals surface area contributed by atoms with E-state index in [9.17, 15) is 4.79 Å². The fourth-order valence-electron chi connectivity index (χ4n) is 0.900. The maximum Gasteiger partial charge on any atom is 0.233 e. The van der Waals surface area contributed by atoms with Gasteiger partial charge < -0.3 is 10.1 Å². The van der Waals surface area contributed by atoms with Crippen molar-refractivity contribution in [3.63, 3.8) is 0 Å². The summed E-state index contributed by atoms with van der Waals surface area (Å²) in [6.07, 6.45) is 0. The van der Waals surface area contributed by atoms with E-state index in [1.807, 2.05) is 20.8 Å². The third-order valence-corrected chi connectivity index (χ3v) is 2.62. The zero-order valence-electron chi connectivity index (χ0n) is 9.75. The number of hydrogen-bond donors (Lipinski definition) is 2. The summed E-state index contributed by atoms with van der Waals surface area (Å²) in [6.45, 7) is 11.1. The Hall–Kier alpha value is -0.480. The molecule has 0 saturated heterocycles. The fourth-order valence-corrected chi connectivity index (χ4v) is 0.991. The SMILES string of the molecule is C=C(C)COCCNC(=O)C(S)C(C)C. The lowest BCUT2D eigenvalue weighted by Gasteiger charge is -2.14. The summed E-state index contributed by atoms with van der Waals surface area (Å²) in [7, 11) is 0.